The van der Waals surface area contributed by atoms with Gasteiger partial charge in [-0.1, -0.05) is 25.1 Å². The van der Waals surface area contributed by atoms with Crippen molar-refractivity contribution in [2.45, 2.75) is 24.3 Å². The number of benzene rings is 1. The summed E-state index contributed by atoms with van der Waals surface area (Å²) in [5.74, 6) is 0. The molecule has 3 nitrogen and oxygen atoms in total. The molecule has 0 aliphatic carbocycles. The first-order chi connectivity index (χ1) is 9.26. The Hall–Kier alpha value is -1.26. The molecule has 102 valence electrons. The Morgan fingerprint density at radius 3 is 2.79 bits per heavy atom. The summed E-state index contributed by atoms with van der Waals surface area (Å²) in [6.45, 7) is 3.19. The molecule has 0 aliphatic rings. The number of nitrogens with zero attached hydrogens (tertiary/aromatic N) is 2. The van der Waals surface area contributed by atoms with E-state index < -0.39 is 0 Å². The Morgan fingerprint density at radius 2 is 2.16 bits per heavy atom. The fourth-order valence-electron chi connectivity index (χ4n) is 2.19. The summed E-state index contributed by atoms with van der Waals surface area (Å²) in [6.07, 6.45) is 7.28. The highest BCUT2D eigenvalue weighted by molar-refractivity contribution is 7.98. The Morgan fingerprint density at radius 1 is 1.37 bits per heavy atom. The highest BCUT2D eigenvalue weighted by Gasteiger charge is 2.17. The van der Waals surface area contributed by atoms with Gasteiger partial charge in [-0.05, 0) is 30.9 Å². The van der Waals surface area contributed by atoms with Crippen LogP contribution in [0.2, 0.25) is 0 Å². The second-order valence-electron chi connectivity index (χ2n) is 4.58. The Bertz CT molecular complexity index is 522. The average Bonchev–Trinajstić information content (AvgIpc) is 2.86. The molecule has 1 heterocycles. The lowest BCUT2D eigenvalue weighted by molar-refractivity contribution is 0.591. The molecule has 19 heavy (non-hydrogen) atoms. The molecule has 0 aliphatic heterocycles. The van der Waals surface area contributed by atoms with Crippen LogP contribution in [0.15, 0.2) is 41.6 Å². The van der Waals surface area contributed by atoms with Gasteiger partial charge in [0.05, 0.1) is 12.2 Å². The van der Waals surface area contributed by atoms with Gasteiger partial charge in [-0.2, -0.15) is 5.10 Å². The number of thioether (sulfide) groups is 1. The molecule has 0 saturated carbocycles. The van der Waals surface area contributed by atoms with Crippen molar-refractivity contribution in [2.75, 3.05) is 12.8 Å². The zero-order valence-corrected chi connectivity index (χ0v) is 12.6. The molecule has 2 rings (SSSR count). The summed E-state index contributed by atoms with van der Waals surface area (Å²) in [5.41, 5.74) is 2.55. The van der Waals surface area contributed by atoms with Crippen LogP contribution in [0.1, 0.15) is 30.5 Å². The van der Waals surface area contributed by atoms with Crippen molar-refractivity contribution in [3.63, 3.8) is 0 Å². The molecule has 0 saturated heterocycles. The van der Waals surface area contributed by atoms with E-state index in [1.807, 2.05) is 17.9 Å². The highest BCUT2D eigenvalue weighted by atomic mass is 32.2. The van der Waals surface area contributed by atoms with Gasteiger partial charge in [0.1, 0.15) is 0 Å². The summed E-state index contributed by atoms with van der Waals surface area (Å²) in [7, 11) is 1.96. The lowest BCUT2D eigenvalue weighted by Gasteiger charge is -2.20. The number of rotatable bonds is 6. The van der Waals surface area contributed by atoms with Crippen LogP contribution in [0.3, 0.4) is 0 Å². The van der Waals surface area contributed by atoms with Gasteiger partial charge in [0.25, 0.3) is 0 Å². The predicted molar refractivity (Wildman–Crippen MR) is 81.6 cm³/mol. The number of hydrogen-bond donors (Lipinski definition) is 1. The third-order valence-corrected chi connectivity index (χ3v) is 3.92. The van der Waals surface area contributed by atoms with Crippen molar-refractivity contribution >= 4 is 11.8 Å². The Labute approximate surface area is 119 Å². The molecule has 2 aromatic rings. The van der Waals surface area contributed by atoms with Crippen molar-refractivity contribution < 1.29 is 0 Å². The second-order valence-corrected chi connectivity index (χ2v) is 5.42. The van der Waals surface area contributed by atoms with E-state index in [-0.39, 0.29) is 6.04 Å². The van der Waals surface area contributed by atoms with Crippen molar-refractivity contribution in [1.82, 2.24) is 15.1 Å². The van der Waals surface area contributed by atoms with E-state index in [4.69, 9.17) is 0 Å². The maximum absolute atomic E-state index is 4.30. The molecular formula is C15H21N3S. The first kappa shape index (κ1) is 14.2. The zero-order chi connectivity index (χ0) is 13.7. The van der Waals surface area contributed by atoms with Gasteiger partial charge in [0.2, 0.25) is 0 Å². The predicted octanol–water partition coefficient (Wildman–Crippen LogP) is 3.23. The van der Waals surface area contributed by atoms with Gasteiger partial charge in [0.15, 0.2) is 0 Å². The first-order valence-corrected chi connectivity index (χ1v) is 7.83. The van der Waals surface area contributed by atoms with E-state index in [0.29, 0.717) is 0 Å². The smallest absolute Gasteiger partial charge is 0.0618 e. The first-order valence-electron chi connectivity index (χ1n) is 6.61. The molecule has 1 unspecified atom stereocenters. The average molecular weight is 275 g/mol. The van der Waals surface area contributed by atoms with Gasteiger partial charge < -0.3 is 5.32 Å². The van der Waals surface area contributed by atoms with Gasteiger partial charge in [0, 0.05) is 23.7 Å². The molecule has 1 aromatic carbocycles. The molecular weight excluding hydrogens is 254 g/mol. The summed E-state index contributed by atoms with van der Waals surface area (Å²) < 4.78 is 1.86. The second kappa shape index (κ2) is 6.78. The standard InChI is InChI=1S/C15H21N3S/c1-4-9-16-15(12-10-17-18(2)11-12)13-7-5-6-8-14(13)19-3/h5-8,10-11,15-16H,4,9H2,1-3H3. The molecule has 4 heteroatoms. The summed E-state index contributed by atoms with van der Waals surface area (Å²) in [6, 6.07) is 8.79. The van der Waals surface area contributed by atoms with Crippen LogP contribution in [-0.2, 0) is 7.05 Å². The van der Waals surface area contributed by atoms with Crippen LogP contribution >= 0.6 is 11.8 Å². The molecule has 1 N–H and O–H groups in total. The van der Waals surface area contributed by atoms with Crippen molar-refractivity contribution in [1.29, 1.82) is 0 Å². The van der Waals surface area contributed by atoms with E-state index in [1.54, 1.807) is 11.8 Å². The van der Waals surface area contributed by atoms with E-state index in [2.05, 4.69) is 54.1 Å². The molecule has 1 aromatic heterocycles. The van der Waals surface area contributed by atoms with Crippen molar-refractivity contribution in [2.24, 2.45) is 7.05 Å². The van der Waals surface area contributed by atoms with Gasteiger partial charge >= 0.3 is 0 Å². The molecule has 0 radical (unpaired) electrons. The summed E-state index contributed by atoms with van der Waals surface area (Å²) in [5, 5.41) is 7.92. The van der Waals surface area contributed by atoms with Crippen LogP contribution in [0.5, 0.6) is 0 Å². The maximum atomic E-state index is 4.30. The van der Waals surface area contributed by atoms with Crippen molar-refractivity contribution in [3.05, 3.63) is 47.8 Å². The minimum atomic E-state index is 0.220. The molecule has 0 fully saturated rings. The van der Waals surface area contributed by atoms with Gasteiger partial charge in [-0.25, -0.2) is 0 Å². The fourth-order valence-corrected chi connectivity index (χ4v) is 2.83. The highest BCUT2D eigenvalue weighted by Crippen LogP contribution is 2.29. The minimum Gasteiger partial charge on any atom is -0.306 e. The van der Waals surface area contributed by atoms with Crippen LogP contribution in [-0.4, -0.2) is 22.6 Å². The van der Waals surface area contributed by atoms with E-state index in [9.17, 15) is 0 Å². The molecule has 1 atom stereocenters. The molecule has 0 amide bonds. The summed E-state index contributed by atoms with van der Waals surface area (Å²) >= 11 is 1.79. The van der Waals surface area contributed by atoms with Crippen LogP contribution in [0.25, 0.3) is 0 Å². The lowest BCUT2D eigenvalue weighted by Crippen LogP contribution is -2.23. The van der Waals surface area contributed by atoms with E-state index in [0.717, 1.165) is 13.0 Å². The number of hydrogen-bond acceptors (Lipinski definition) is 3. The largest absolute Gasteiger partial charge is 0.306 e. The molecule has 0 bridgehead atoms. The van der Waals surface area contributed by atoms with E-state index in [1.165, 1.54) is 16.0 Å². The maximum Gasteiger partial charge on any atom is 0.0618 e. The number of aromatic nitrogens is 2. The summed E-state index contributed by atoms with van der Waals surface area (Å²) in [4.78, 5) is 1.32. The number of aryl methyl sites for hydroxylation is 1. The number of nitrogens with one attached hydrogen (secondary N) is 1. The van der Waals surface area contributed by atoms with Gasteiger partial charge in [-0.15, -0.1) is 11.8 Å². The third-order valence-electron chi connectivity index (χ3n) is 3.11. The SMILES string of the molecule is CCCNC(c1cnn(C)c1)c1ccccc1SC. The normalized spacial score (nSPS) is 12.6. The molecule has 0 spiro atoms. The Balaban J connectivity index is 2.36. The quantitative estimate of drug-likeness (QED) is 0.821. The van der Waals surface area contributed by atoms with Gasteiger partial charge in [-0.3, -0.25) is 4.68 Å². The Kier molecular flexibility index (Phi) is 5.05. The van der Waals surface area contributed by atoms with Crippen molar-refractivity contribution in [3.8, 4) is 0 Å². The topological polar surface area (TPSA) is 29.9 Å². The zero-order valence-electron chi connectivity index (χ0n) is 11.8. The minimum absolute atomic E-state index is 0.220. The van der Waals surface area contributed by atoms with Crippen LogP contribution in [0.4, 0.5) is 0 Å². The van der Waals surface area contributed by atoms with E-state index >= 15 is 0 Å². The van der Waals surface area contributed by atoms with Crippen LogP contribution < -0.4 is 5.32 Å². The lowest BCUT2D eigenvalue weighted by atomic mass is 10.0. The monoisotopic (exact) mass is 275 g/mol. The van der Waals surface area contributed by atoms with Crippen LogP contribution in [0, 0.1) is 0 Å². The third kappa shape index (κ3) is 3.39. The fraction of sp³-hybridized carbons (Fsp3) is 0.400.